The molecule has 17 heavy (non-hydrogen) atoms. The first-order valence-electron chi connectivity index (χ1n) is 5.48. The third-order valence-corrected chi connectivity index (χ3v) is 2.26. The molecule has 1 aromatic rings. The van der Waals surface area contributed by atoms with Gasteiger partial charge in [0.05, 0.1) is 0 Å². The van der Waals surface area contributed by atoms with Gasteiger partial charge < -0.3 is 15.4 Å². The first-order chi connectivity index (χ1) is 8.11. The Balaban J connectivity index is 2.39. The summed E-state index contributed by atoms with van der Waals surface area (Å²) in [6.45, 7) is 5.34. The van der Waals surface area contributed by atoms with Crippen LogP contribution in [-0.2, 0) is 4.74 Å². The van der Waals surface area contributed by atoms with E-state index in [9.17, 15) is 0 Å². The van der Waals surface area contributed by atoms with Crippen molar-refractivity contribution in [3.8, 4) is 0 Å². The van der Waals surface area contributed by atoms with Gasteiger partial charge in [-0.1, -0.05) is 0 Å². The van der Waals surface area contributed by atoms with E-state index < -0.39 is 0 Å². The number of thiocarbonyl (C=S) groups is 1. The molecule has 1 rings (SSSR count). The molecule has 0 amide bonds. The van der Waals surface area contributed by atoms with Crippen molar-refractivity contribution in [2.24, 2.45) is 0 Å². The average molecular weight is 254 g/mol. The minimum Gasteiger partial charge on any atom is -0.385 e. The van der Waals surface area contributed by atoms with Crippen LogP contribution in [0, 0.1) is 13.8 Å². The highest BCUT2D eigenvalue weighted by molar-refractivity contribution is 7.80. The third kappa shape index (κ3) is 5.55. The van der Waals surface area contributed by atoms with Gasteiger partial charge in [0.1, 0.15) is 0 Å². The first kappa shape index (κ1) is 13.8. The molecule has 0 aliphatic rings. The summed E-state index contributed by atoms with van der Waals surface area (Å²) >= 11 is 5.13. The van der Waals surface area contributed by atoms with Gasteiger partial charge in [0.15, 0.2) is 5.11 Å². The quantitative estimate of drug-likeness (QED) is 0.612. The second kappa shape index (κ2) is 7.13. The maximum Gasteiger partial charge on any atom is 0.229 e. The van der Waals surface area contributed by atoms with Gasteiger partial charge in [-0.15, -0.1) is 0 Å². The molecule has 0 spiro atoms. The second-order valence-corrected chi connectivity index (χ2v) is 4.11. The number of rotatable bonds is 5. The average Bonchev–Trinajstić information content (AvgIpc) is 2.23. The molecule has 0 saturated heterocycles. The van der Waals surface area contributed by atoms with Gasteiger partial charge in [-0.2, -0.15) is 0 Å². The second-order valence-electron chi connectivity index (χ2n) is 3.70. The van der Waals surface area contributed by atoms with Crippen molar-refractivity contribution in [3.05, 3.63) is 17.5 Å². The number of hydrogen-bond acceptors (Lipinski definition) is 4. The van der Waals surface area contributed by atoms with Gasteiger partial charge in [-0.3, -0.25) is 0 Å². The Bertz CT molecular complexity index is 363. The summed E-state index contributed by atoms with van der Waals surface area (Å²) in [4.78, 5) is 8.49. The SMILES string of the molecule is COCCCNC(=S)Nc1nc(C)cc(C)n1. The van der Waals surface area contributed by atoms with Crippen molar-refractivity contribution in [2.45, 2.75) is 20.3 Å². The van der Waals surface area contributed by atoms with E-state index in [1.165, 1.54) is 0 Å². The van der Waals surface area contributed by atoms with Crippen LogP contribution in [0.15, 0.2) is 6.07 Å². The molecule has 94 valence electrons. The fourth-order valence-electron chi connectivity index (χ4n) is 1.35. The highest BCUT2D eigenvalue weighted by Gasteiger charge is 2.01. The van der Waals surface area contributed by atoms with Crippen LogP contribution in [0.1, 0.15) is 17.8 Å². The number of nitrogens with zero attached hydrogens (tertiary/aromatic N) is 2. The number of aryl methyl sites for hydroxylation is 2. The molecule has 0 saturated carbocycles. The van der Waals surface area contributed by atoms with E-state index in [0.29, 0.717) is 11.1 Å². The minimum atomic E-state index is 0.533. The molecule has 5 nitrogen and oxygen atoms in total. The van der Waals surface area contributed by atoms with Gasteiger partial charge in [-0.05, 0) is 38.6 Å². The van der Waals surface area contributed by atoms with Crippen LogP contribution < -0.4 is 10.6 Å². The Kier molecular flexibility index (Phi) is 5.79. The Morgan fingerprint density at radius 3 is 2.59 bits per heavy atom. The van der Waals surface area contributed by atoms with E-state index in [1.54, 1.807) is 7.11 Å². The van der Waals surface area contributed by atoms with Gasteiger partial charge >= 0.3 is 0 Å². The van der Waals surface area contributed by atoms with Gasteiger partial charge in [0.25, 0.3) is 0 Å². The Morgan fingerprint density at radius 1 is 1.35 bits per heavy atom. The van der Waals surface area contributed by atoms with E-state index in [0.717, 1.165) is 31.0 Å². The molecule has 0 aromatic carbocycles. The predicted molar refractivity (Wildman–Crippen MR) is 72.2 cm³/mol. The highest BCUT2D eigenvalue weighted by Crippen LogP contribution is 2.03. The maximum absolute atomic E-state index is 5.13. The van der Waals surface area contributed by atoms with Crippen LogP contribution in [0.3, 0.4) is 0 Å². The van der Waals surface area contributed by atoms with Crippen LogP contribution in [0.2, 0.25) is 0 Å². The largest absolute Gasteiger partial charge is 0.385 e. The van der Waals surface area contributed by atoms with Crippen molar-refractivity contribution in [2.75, 3.05) is 25.6 Å². The molecular formula is C11H18N4OS. The Morgan fingerprint density at radius 2 is 2.00 bits per heavy atom. The van der Waals surface area contributed by atoms with Crippen LogP contribution >= 0.6 is 12.2 Å². The van der Waals surface area contributed by atoms with Crippen LogP contribution in [0.4, 0.5) is 5.95 Å². The fraction of sp³-hybridized carbons (Fsp3) is 0.545. The fourth-order valence-corrected chi connectivity index (χ4v) is 1.54. The summed E-state index contributed by atoms with van der Waals surface area (Å²) in [5.41, 5.74) is 1.84. The van der Waals surface area contributed by atoms with Gasteiger partial charge in [0.2, 0.25) is 5.95 Å². The number of anilines is 1. The van der Waals surface area contributed by atoms with E-state index in [4.69, 9.17) is 17.0 Å². The van der Waals surface area contributed by atoms with Crippen molar-refractivity contribution in [1.29, 1.82) is 0 Å². The van der Waals surface area contributed by atoms with Crippen molar-refractivity contribution < 1.29 is 4.74 Å². The summed E-state index contributed by atoms with van der Waals surface area (Å²) in [5.74, 6) is 0.534. The number of methoxy groups -OCH3 is 1. The number of ether oxygens (including phenoxy) is 1. The topological polar surface area (TPSA) is 59.1 Å². The lowest BCUT2D eigenvalue weighted by Crippen LogP contribution is -2.30. The van der Waals surface area contributed by atoms with Crippen LogP contribution in [0.25, 0.3) is 0 Å². The normalized spacial score (nSPS) is 10.1. The standard InChI is InChI=1S/C11H18N4OS/c1-8-7-9(2)14-10(13-8)15-11(17)12-5-4-6-16-3/h7H,4-6H2,1-3H3,(H2,12,13,14,15,17). The summed E-state index contributed by atoms with van der Waals surface area (Å²) < 4.78 is 4.95. The highest BCUT2D eigenvalue weighted by atomic mass is 32.1. The number of nitrogens with one attached hydrogen (secondary N) is 2. The maximum atomic E-state index is 5.13. The zero-order chi connectivity index (χ0) is 12.7. The van der Waals surface area contributed by atoms with Crippen molar-refractivity contribution in [1.82, 2.24) is 15.3 Å². The zero-order valence-corrected chi connectivity index (χ0v) is 11.2. The van der Waals surface area contributed by atoms with E-state index in [-0.39, 0.29) is 0 Å². The van der Waals surface area contributed by atoms with E-state index in [2.05, 4.69) is 20.6 Å². The molecule has 0 aliphatic carbocycles. The summed E-state index contributed by atoms with van der Waals surface area (Å²) in [5, 5.41) is 6.56. The molecule has 1 heterocycles. The smallest absolute Gasteiger partial charge is 0.229 e. The summed E-state index contributed by atoms with van der Waals surface area (Å²) in [6, 6.07) is 1.92. The molecule has 2 N–H and O–H groups in total. The van der Waals surface area contributed by atoms with Gasteiger partial charge in [0, 0.05) is 31.6 Å². The number of aromatic nitrogens is 2. The molecule has 0 atom stereocenters. The lowest BCUT2D eigenvalue weighted by molar-refractivity contribution is 0.196. The van der Waals surface area contributed by atoms with Crippen LogP contribution in [0.5, 0.6) is 0 Å². The Hall–Kier alpha value is -1.27. The lowest BCUT2D eigenvalue weighted by atomic mass is 10.4. The molecule has 0 aliphatic heterocycles. The first-order valence-corrected chi connectivity index (χ1v) is 5.88. The van der Waals surface area contributed by atoms with E-state index >= 15 is 0 Å². The Labute approximate surface area is 107 Å². The monoisotopic (exact) mass is 254 g/mol. The van der Waals surface area contributed by atoms with Crippen molar-refractivity contribution in [3.63, 3.8) is 0 Å². The molecule has 0 bridgehead atoms. The summed E-state index contributed by atoms with van der Waals surface area (Å²) in [6.07, 6.45) is 0.909. The van der Waals surface area contributed by atoms with Gasteiger partial charge in [-0.25, -0.2) is 9.97 Å². The number of hydrogen-bond donors (Lipinski definition) is 2. The molecular weight excluding hydrogens is 236 g/mol. The molecule has 0 unspecified atom stereocenters. The third-order valence-electron chi connectivity index (χ3n) is 2.02. The van der Waals surface area contributed by atoms with Crippen LogP contribution in [-0.4, -0.2) is 35.3 Å². The molecule has 0 fully saturated rings. The molecule has 0 radical (unpaired) electrons. The van der Waals surface area contributed by atoms with E-state index in [1.807, 2.05) is 19.9 Å². The summed E-state index contributed by atoms with van der Waals surface area (Å²) in [7, 11) is 1.68. The van der Waals surface area contributed by atoms with Crippen molar-refractivity contribution >= 4 is 23.3 Å². The lowest BCUT2D eigenvalue weighted by Gasteiger charge is -2.09. The molecule has 6 heteroatoms. The zero-order valence-electron chi connectivity index (χ0n) is 10.4. The minimum absolute atomic E-state index is 0.533. The predicted octanol–water partition coefficient (Wildman–Crippen LogP) is 1.42. The molecule has 1 aromatic heterocycles.